The van der Waals surface area contributed by atoms with Crippen molar-refractivity contribution in [3.05, 3.63) is 23.0 Å². The van der Waals surface area contributed by atoms with E-state index in [1.807, 2.05) is 31.7 Å². The van der Waals surface area contributed by atoms with Crippen LogP contribution in [0.4, 0.5) is 0 Å². The van der Waals surface area contributed by atoms with Crippen molar-refractivity contribution in [3.8, 4) is 5.75 Å². The average molecular weight is 308 g/mol. The van der Waals surface area contributed by atoms with Gasteiger partial charge in [0, 0.05) is 11.8 Å². The Hall–Kier alpha value is -0.940. The summed E-state index contributed by atoms with van der Waals surface area (Å²) in [5.74, 6) is 3.32. The van der Waals surface area contributed by atoms with Crippen LogP contribution in [-0.2, 0) is 0 Å². The quantitative estimate of drug-likeness (QED) is 0.843. The van der Waals surface area contributed by atoms with Crippen molar-refractivity contribution in [1.29, 1.82) is 0 Å². The first-order chi connectivity index (χ1) is 9.66. The summed E-state index contributed by atoms with van der Waals surface area (Å²) in [6, 6.07) is 6.70. The minimum Gasteiger partial charge on any atom is -0.489 e. The minimum absolute atomic E-state index is 0.163. The summed E-state index contributed by atoms with van der Waals surface area (Å²) in [6.45, 7) is 4.09. The second-order valence-corrected chi connectivity index (χ2v) is 7.02. The van der Waals surface area contributed by atoms with Crippen molar-refractivity contribution in [1.82, 2.24) is 9.55 Å². The molecule has 1 aliphatic heterocycles. The number of benzene rings is 1. The average Bonchev–Trinajstić information content (AvgIpc) is 2.76. The number of nitrogens with one attached hydrogen (secondary N) is 1. The molecule has 1 aliphatic rings. The highest BCUT2D eigenvalue weighted by molar-refractivity contribution is 7.99. The number of thioether (sulfide) groups is 1. The van der Waals surface area contributed by atoms with Crippen LogP contribution in [0.5, 0.6) is 5.75 Å². The Morgan fingerprint density at radius 2 is 2.30 bits per heavy atom. The van der Waals surface area contributed by atoms with Crippen molar-refractivity contribution in [3.63, 3.8) is 0 Å². The summed E-state index contributed by atoms with van der Waals surface area (Å²) in [4.78, 5) is 3.34. The lowest BCUT2D eigenvalue weighted by atomic mass is 10.1. The highest BCUT2D eigenvalue weighted by atomic mass is 32.2. The third-order valence-electron chi connectivity index (χ3n) is 3.58. The highest BCUT2D eigenvalue weighted by Gasteiger charge is 2.20. The van der Waals surface area contributed by atoms with Gasteiger partial charge in [-0.1, -0.05) is 6.07 Å². The van der Waals surface area contributed by atoms with Crippen molar-refractivity contribution in [2.45, 2.75) is 38.8 Å². The lowest BCUT2D eigenvalue weighted by Crippen LogP contribution is -2.16. The number of ether oxygens (including phenoxy) is 1. The van der Waals surface area contributed by atoms with Crippen LogP contribution in [0.25, 0.3) is 11.0 Å². The van der Waals surface area contributed by atoms with Gasteiger partial charge in [0.05, 0.1) is 11.6 Å². The van der Waals surface area contributed by atoms with Gasteiger partial charge in [-0.05, 0) is 56.8 Å². The fourth-order valence-electron chi connectivity index (χ4n) is 2.76. The molecular formula is C15H20N2OS2. The number of imidazole rings is 1. The second-order valence-electron chi connectivity index (χ2n) is 5.49. The van der Waals surface area contributed by atoms with E-state index < -0.39 is 0 Å². The molecule has 1 aromatic heterocycles. The number of H-pyrrole nitrogens is 1. The zero-order valence-electron chi connectivity index (χ0n) is 11.9. The molecule has 2 heterocycles. The van der Waals surface area contributed by atoms with Crippen molar-refractivity contribution in [2.75, 3.05) is 11.5 Å². The summed E-state index contributed by atoms with van der Waals surface area (Å²) in [5.41, 5.74) is 2.20. The molecule has 1 fully saturated rings. The van der Waals surface area contributed by atoms with Gasteiger partial charge in [0.15, 0.2) is 4.77 Å². The monoisotopic (exact) mass is 308 g/mol. The van der Waals surface area contributed by atoms with E-state index in [0.29, 0.717) is 6.04 Å². The van der Waals surface area contributed by atoms with Gasteiger partial charge >= 0.3 is 0 Å². The van der Waals surface area contributed by atoms with Crippen LogP contribution >= 0.6 is 24.0 Å². The molecule has 0 radical (unpaired) electrons. The van der Waals surface area contributed by atoms with E-state index in [9.17, 15) is 0 Å². The molecule has 1 aromatic carbocycles. The number of hydrogen-bond acceptors (Lipinski definition) is 3. The predicted molar refractivity (Wildman–Crippen MR) is 88.5 cm³/mol. The fourth-order valence-corrected chi connectivity index (χ4v) is 4.24. The predicted octanol–water partition coefficient (Wildman–Crippen LogP) is 4.55. The Bertz CT molecular complexity index is 653. The number of rotatable bonds is 3. The Kier molecular flexibility index (Phi) is 4.08. The number of para-hydroxylation sites is 1. The molecule has 0 bridgehead atoms. The molecule has 1 saturated heterocycles. The number of aromatic nitrogens is 2. The molecule has 1 N–H and O–H groups in total. The Morgan fingerprint density at radius 3 is 3.00 bits per heavy atom. The van der Waals surface area contributed by atoms with E-state index in [4.69, 9.17) is 17.0 Å². The van der Waals surface area contributed by atoms with Crippen LogP contribution in [-0.4, -0.2) is 27.2 Å². The third-order valence-corrected chi connectivity index (χ3v) is 5.08. The molecule has 2 aromatic rings. The van der Waals surface area contributed by atoms with Crippen molar-refractivity contribution < 1.29 is 4.74 Å². The van der Waals surface area contributed by atoms with Crippen LogP contribution in [0.3, 0.4) is 0 Å². The molecule has 3 nitrogen and oxygen atoms in total. The van der Waals surface area contributed by atoms with Gasteiger partial charge in [0.2, 0.25) is 0 Å². The lowest BCUT2D eigenvalue weighted by Gasteiger charge is -2.23. The number of nitrogens with zero attached hydrogens (tertiary/aromatic N) is 1. The molecule has 1 unspecified atom stereocenters. The van der Waals surface area contributed by atoms with Crippen molar-refractivity contribution in [2.24, 2.45) is 0 Å². The molecule has 108 valence electrons. The van der Waals surface area contributed by atoms with Crippen LogP contribution in [0, 0.1) is 4.77 Å². The fraction of sp³-hybridized carbons (Fsp3) is 0.533. The SMILES string of the molecule is CC(C)Oc1cccc2c1[nH]c(=S)n2C1CCCSC1. The van der Waals surface area contributed by atoms with Gasteiger partial charge in [0.1, 0.15) is 11.3 Å². The van der Waals surface area contributed by atoms with Gasteiger partial charge in [-0.3, -0.25) is 0 Å². The third kappa shape index (κ3) is 2.61. The van der Waals surface area contributed by atoms with E-state index in [2.05, 4.69) is 21.7 Å². The van der Waals surface area contributed by atoms with Crippen LogP contribution < -0.4 is 4.74 Å². The van der Waals surface area contributed by atoms with E-state index >= 15 is 0 Å². The Morgan fingerprint density at radius 1 is 1.45 bits per heavy atom. The smallest absolute Gasteiger partial charge is 0.178 e. The van der Waals surface area contributed by atoms with Crippen LogP contribution in [0.15, 0.2) is 18.2 Å². The molecule has 1 atom stereocenters. The second kappa shape index (κ2) is 5.82. The first-order valence-electron chi connectivity index (χ1n) is 7.14. The molecule has 0 amide bonds. The maximum absolute atomic E-state index is 5.89. The highest BCUT2D eigenvalue weighted by Crippen LogP contribution is 2.33. The van der Waals surface area contributed by atoms with E-state index in [1.54, 1.807) is 0 Å². The van der Waals surface area contributed by atoms with E-state index in [0.717, 1.165) is 21.8 Å². The van der Waals surface area contributed by atoms with Crippen molar-refractivity contribution >= 4 is 35.0 Å². The molecule has 0 spiro atoms. The maximum Gasteiger partial charge on any atom is 0.178 e. The number of aromatic amines is 1. The molecular weight excluding hydrogens is 288 g/mol. The largest absolute Gasteiger partial charge is 0.489 e. The lowest BCUT2D eigenvalue weighted by molar-refractivity contribution is 0.245. The Labute approximate surface area is 128 Å². The summed E-state index contributed by atoms with van der Waals surface area (Å²) >= 11 is 7.57. The summed E-state index contributed by atoms with van der Waals surface area (Å²) in [5, 5.41) is 0. The van der Waals surface area contributed by atoms with Gasteiger partial charge in [0.25, 0.3) is 0 Å². The summed E-state index contributed by atoms with van der Waals surface area (Å²) < 4.78 is 8.98. The summed E-state index contributed by atoms with van der Waals surface area (Å²) in [7, 11) is 0. The molecule has 20 heavy (non-hydrogen) atoms. The molecule has 5 heteroatoms. The molecule has 3 rings (SSSR count). The zero-order valence-corrected chi connectivity index (χ0v) is 13.5. The minimum atomic E-state index is 0.163. The van der Waals surface area contributed by atoms with E-state index in [-0.39, 0.29) is 6.10 Å². The molecule has 0 aliphatic carbocycles. The van der Waals surface area contributed by atoms with Gasteiger partial charge in [-0.2, -0.15) is 11.8 Å². The first kappa shape index (κ1) is 14.0. The normalized spacial score (nSPS) is 19.6. The first-order valence-corrected chi connectivity index (χ1v) is 8.70. The number of hydrogen-bond donors (Lipinski definition) is 1. The van der Waals surface area contributed by atoms with Gasteiger partial charge < -0.3 is 14.3 Å². The van der Waals surface area contributed by atoms with Crippen LogP contribution in [0.2, 0.25) is 0 Å². The van der Waals surface area contributed by atoms with Gasteiger partial charge in [-0.15, -0.1) is 0 Å². The zero-order chi connectivity index (χ0) is 14.1. The van der Waals surface area contributed by atoms with E-state index in [1.165, 1.54) is 24.1 Å². The Balaban J connectivity index is 2.09. The maximum atomic E-state index is 5.89. The van der Waals surface area contributed by atoms with Gasteiger partial charge in [-0.25, -0.2) is 0 Å². The standard InChI is InChI=1S/C15H20N2OS2/c1-10(2)18-13-7-3-6-12-14(13)16-15(19)17(12)11-5-4-8-20-9-11/h3,6-7,10-11H,4-5,8-9H2,1-2H3,(H,16,19). The summed E-state index contributed by atoms with van der Waals surface area (Å²) in [6.07, 6.45) is 2.64. The van der Waals surface area contributed by atoms with Crippen LogP contribution in [0.1, 0.15) is 32.7 Å². The molecule has 0 saturated carbocycles. The number of fused-ring (bicyclic) bond motifs is 1. The topological polar surface area (TPSA) is 29.9 Å².